The lowest BCUT2D eigenvalue weighted by Crippen LogP contribution is -2.30. The molecule has 3 rings (SSSR count). The highest BCUT2D eigenvalue weighted by Crippen LogP contribution is 2.24. The minimum Gasteiger partial charge on any atom is -0.259 e. The number of nitrogens with zero attached hydrogens (tertiary/aromatic N) is 1. The van der Waals surface area contributed by atoms with Gasteiger partial charge in [0.2, 0.25) is 10.0 Å². The number of hydrogen-bond donors (Lipinski definition) is 1. The standard InChI is InChI=1S/C22H24N2O2S/c1-3-17(2)18-12-14-20(15-13-18)27(25,26)24-22(19-9-5-4-6-10-19)21-11-7-8-16-23-21/h4-17,22,24H,3H2,1-2H3/t17-,22-/m0/s1. The summed E-state index contributed by atoms with van der Waals surface area (Å²) in [6, 6.07) is 21.5. The van der Waals surface area contributed by atoms with Crippen LogP contribution in [0.3, 0.4) is 0 Å². The third-order valence-electron chi connectivity index (χ3n) is 4.76. The van der Waals surface area contributed by atoms with Gasteiger partial charge in [0.15, 0.2) is 0 Å². The second-order valence-electron chi connectivity index (χ2n) is 6.60. The van der Waals surface area contributed by atoms with Crippen LogP contribution in [0.2, 0.25) is 0 Å². The van der Waals surface area contributed by atoms with Gasteiger partial charge in [0, 0.05) is 6.20 Å². The Hall–Kier alpha value is -2.50. The van der Waals surface area contributed by atoms with Crippen LogP contribution < -0.4 is 4.72 Å². The highest BCUT2D eigenvalue weighted by Gasteiger charge is 2.23. The number of benzene rings is 2. The van der Waals surface area contributed by atoms with Gasteiger partial charge in [-0.3, -0.25) is 4.98 Å². The predicted molar refractivity (Wildman–Crippen MR) is 108 cm³/mol. The first-order valence-electron chi connectivity index (χ1n) is 9.09. The molecule has 0 unspecified atom stereocenters. The summed E-state index contributed by atoms with van der Waals surface area (Å²) >= 11 is 0. The van der Waals surface area contributed by atoms with E-state index in [4.69, 9.17) is 0 Å². The Labute approximate surface area is 161 Å². The number of sulfonamides is 1. The zero-order valence-corrected chi connectivity index (χ0v) is 16.4. The molecule has 0 radical (unpaired) electrons. The average molecular weight is 381 g/mol. The molecular weight excluding hydrogens is 356 g/mol. The van der Waals surface area contributed by atoms with Crippen LogP contribution in [0.25, 0.3) is 0 Å². The van der Waals surface area contributed by atoms with Crippen molar-refractivity contribution in [3.8, 4) is 0 Å². The summed E-state index contributed by atoms with van der Waals surface area (Å²) in [5.74, 6) is 0.403. The Morgan fingerprint density at radius 1 is 0.889 bits per heavy atom. The van der Waals surface area contributed by atoms with Crippen molar-refractivity contribution in [2.75, 3.05) is 0 Å². The second kappa shape index (κ2) is 8.46. The SMILES string of the molecule is CC[C@H](C)c1ccc(S(=O)(=O)N[C@@H](c2ccccc2)c2ccccn2)cc1. The molecule has 0 aliphatic carbocycles. The van der Waals surface area contributed by atoms with E-state index >= 15 is 0 Å². The largest absolute Gasteiger partial charge is 0.259 e. The van der Waals surface area contributed by atoms with E-state index < -0.39 is 16.1 Å². The molecule has 0 aliphatic heterocycles. The monoisotopic (exact) mass is 380 g/mol. The Balaban J connectivity index is 1.93. The Morgan fingerprint density at radius 3 is 2.15 bits per heavy atom. The van der Waals surface area contributed by atoms with E-state index in [1.165, 1.54) is 0 Å². The minimum atomic E-state index is -3.69. The maximum absolute atomic E-state index is 13.0. The molecule has 5 heteroatoms. The molecule has 0 spiro atoms. The lowest BCUT2D eigenvalue weighted by Gasteiger charge is -2.19. The smallest absolute Gasteiger partial charge is 0.241 e. The first-order chi connectivity index (χ1) is 13.0. The van der Waals surface area contributed by atoms with E-state index in [2.05, 4.69) is 23.6 Å². The fourth-order valence-corrected chi connectivity index (χ4v) is 4.12. The zero-order valence-electron chi connectivity index (χ0n) is 15.5. The molecule has 4 nitrogen and oxygen atoms in total. The van der Waals surface area contributed by atoms with Crippen molar-refractivity contribution in [2.45, 2.75) is 37.1 Å². The quantitative estimate of drug-likeness (QED) is 0.648. The van der Waals surface area contributed by atoms with Crippen molar-refractivity contribution in [1.82, 2.24) is 9.71 Å². The minimum absolute atomic E-state index is 0.256. The van der Waals surface area contributed by atoms with Crippen LogP contribution in [0.5, 0.6) is 0 Å². The van der Waals surface area contributed by atoms with Gasteiger partial charge in [-0.2, -0.15) is 4.72 Å². The van der Waals surface area contributed by atoms with Crippen LogP contribution in [0.1, 0.15) is 49.0 Å². The van der Waals surface area contributed by atoms with E-state index in [0.29, 0.717) is 11.6 Å². The fraction of sp³-hybridized carbons (Fsp3) is 0.227. The fourth-order valence-electron chi connectivity index (χ4n) is 2.93. The molecule has 27 heavy (non-hydrogen) atoms. The third kappa shape index (κ3) is 4.62. The first-order valence-corrected chi connectivity index (χ1v) is 10.6. The van der Waals surface area contributed by atoms with Gasteiger partial charge in [0.05, 0.1) is 16.6 Å². The summed E-state index contributed by atoms with van der Waals surface area (Å²) in [6.07, 6.45) is 2.68. The van der Waals surface area contributed by atoms with Gasteiger partial charge in [-0.15, -0.1) is 0 Å². The molecule has 0 aliphatic rings. The van der Waals surface area contributed by atoms with Gasteiger partial charge >= 0.3 is 0 Å². The molecule has 2 atom stereocenters. The molecule has 0 fully saturated rings. The molecule has 140 valence electrons. The van der Waals surface area contributed by atoms with Gasteiger partial charge in [-0.05, 0) is 47.7 Å². The van der Waals surface area contributed by atoms with Gasteiger partial charge in [-0.25, -0.2) is 8.42 Å². The topological polar surface area (TPSA) is 59.1 Å². The van der Waals surface area contributed by atoms with Crippen LogP contribution in [0, 0.1) is 0 Å². The van der Waals surface area contributed by atoms with Crippen LogP contribution in [-0.2, 0) is 10.0 Å². The molecule has 0 saturated carbocycles. The Bertz CT molecular complexity index is 917. The lowest BCUT2D eigenvalue weighted by atomic mass is 9.99. The van der Waals surface area contributed by atoms with Crippen molar-refractivity contribution >= 4 is 10.0 Å². The Morgan fingerprint density at radius 2 is 1.56 bits per heavy atom. The van der Waals surface area contributed by atoms with Crippen molar-refractivity contribution in [3.05, 3.63) is 95.8 Å². The molecule has 0 saturated heterocycles. The summed E-state index contributed by atoms with van der Waals surface area (Å²) in [5, 5.41) is 0. The maximum Gasteiger partial charge on any atom is 0.241 e. The van der Waals surface area contributed by atoms with Gasteiger partial charge in [0.1, 0.15) is 0 Å². The second-order valence-corrected chi connectivity index (χ2v) is 8.31. The van der Waals surface area contributed by atoms with E-state index in [-0.39, 0.29) is 4.90 Å². The zero-order chi connectivity index (χ0) is 19.3. The number of hydrogen-bond acceptors (Lipinski definition) is 3. The summed E-state index contributed by atoms with van der Waals surface area (Å²) < 4.78 is 28.8. The molecule has 1 N–H and O–H groups in total. The summed E-state index contributed by atoms with van der Waals surface area (Å²) in [5.41, 5.74) is 2.64. The van der Waals surface area contributed by atoms with Crippen molar-refractivity contribution in [1.29, 1.82) is 0 Å². The summed E-state index contributed by atoms with van der Waals surface area (Å²) in [4.78, 5) is 4.61. The van der Waals surface area contributed by atoms with Crippen molar-refractivity contribution < 1.29 is 8.42 Å². The summed E-state index contributed by atoms with van der Waals surface area (Å²) in [6.45, 7) is 4.25. The molecular formula is C22H24N2O2S. The first kappa shape index (κ1) is 19.3. The van der Waals surface area contributed by atoms with E-state index in [0.717, 1.165) is 17.5 Å². The van der Waals surface area contributed by atoms with Crippen LogP contribution in [0.4, 0.5) is 0 Å². The molecule has 0 amide bonds. The highest BCUT2D eigenvalue weighted by molar-refractivity contribution is 7.89. The highest BCUT2D eigenvalue weighted by atomic mass is 32.2. The molecule has 2 aromatic carbocycles. The number of pyridine rings is 1. The molecule has 0 bridgehead atoms. The average Bonchev–Trinajstić information content (AvgIpc) is 2.73. The summed E-state index contributed by atoms with van der Waals surface area (Å²) in [7, 11) is -3.69. The van der Waals surface area contributed by atoms with E-state index in [1.54, 1.807) is 18.3 Å². The van der Waals surface area contributed by atoms with Crippen molar-refractivity contribution in [2.24, 2.45) is 0 Å². The molecule has 1 aromatic heterocycles. The third-order valence-corrected chi connectivity index (χ3v) is 6.20. The van der Waals surface area contributed by atoms with Crippen molar-refractivity contribution in [3.63, 3.8) is 0 Å². The van der Waals surface area contributed by atoms with Gasteiger partial charge in [0.25, 0.3) is 0 Å². The predicted octanol–water partition coefficient (Wildman–Crippen LogP) is 4.66. The van der Waals surface area contributed by atoms with Gasteiger partial charge < -0.3 is 0 Å². The van der Waals surface area contributed by atoms with E-state index in [9.17, 15) is 8.42 Å². The number of rotatable bonds is 7. The van der Waals surface area contributed by atoms with Gasteiger partial charge in [-0.1, -0.05) is 62.4 Å². The maximum atomic E-state index is 13.0. The van der Waals surface area contributed by atoms with Crippen LogP contribution in [-0.4, -0.2) is 13.4 Å². The normalized spacial score (nSPS) is 13.9. The molecule has 1 heterocycles. The van der Waals surface area contributed by atoms with E-state index in [1.807, 2.05) is 60.7 Å². The number of nitrogens with one attached hydrogen (secondary N) is 1. The lowest BCUT2D eigenvalue weighted by molar-refractivity contribution is 0.570. The number of aromatic nitrogens is 1. The van der Waals surface area contributed by atoms with Crippen LogP contribution in [0.15, 0.2) is 83.9 Å². The Kier molecular flexibility index (Phi) is 6.04. The van der Waals surface area contributed by atoms with Crippen LogP contribution >= 0.6 is 0 Å². The molecule has 3 aromatic rings.